The first-order valence-corrected chi connectivity index (χ1v) is 8.42. The Labute approximate surface area is 133 Å². The minimum Gasteiger partial charge on any atom is -0.513 e. The molecule has 1 unspecified atom stereocenters. The Morgan fingerprint density at radius 2 is 2.09 bits per heavy atom. The van der Waals surface area contributed by atoms with Gasteiger partial charge in [-0.15, -0.1) is 6.42 Å². The quantitative estimate of drug-likeness (QED) is 0.564. The molecule has 0 bridgehead atoms. The number of hydrogen-bond donors (Lipinski definition) is 2. The summed E-state index contributed by atoms with van der Waals surface area (Å²) in [5, 5.41) is 20.1. The number of hydrogen-bond acceptors (Lipinski definition) is 2. The maximum atomic E-state index is 10.7. The molecule has 0 aliphatic heterocycles. The molecule has 3 saturated carbocycles. The second-order valence-corrected chi connectivity index (χ2v) is 7.30. The summed E-state index contributed by atoms with van der Waals surface area (Å²) in [7, 11) is 0. The Morgan fingerprint density at radius 1 is 1.32 bits per heavy atom. The molecule has 0 aromatic rings. The van der Waals surface area contributed by atoms with Crippen LogP contribution >= 0.6 is 0 Å². The monoisotopic (exact) mass is 298 g/mol. The molecule has 2 nitrogen and oxygen atoms in total. The van der Waals surface area contributed by atoms with Gasteiger partial charge in [-0.25, -0.2) is 0 Å². The van der Waals surface area contributed by atoms with Crippen molar-refractivity contribution in [2.45, 2.75) is 51.0 Å². The van der Waals surface area contributed by atoms with Gasteiger partial charge in [0.05, 0.1) is 5.76 Å². The number of aliphatic hydroxyl groups excluding tert-OH is 1. The molecular weight excluding hydrogens is 272 g/mol. The van der Waals surface area contributed by atoms with E-state index in [-0.39, 0.29) is 5.92 Å². The Hall–Kier alpha value is -1.46. The molecule has 118 valence electrons. The van der Waals surface area contributed by atoms with Crippen molar-refractivity contribution in [2.24, 2.45) is 23.7 Å². The van der Waals surface area contributed by atoms with E-state index in [1.807, 2.05) is 0 Å². The fourth-order valence-electron chi connectivity index (χ4n) is 5.14. The minimum absolute atomic E-state index is 0.265. The molecular formula is C20H26O2. The van der Waals surface area contributed by atoms with Crippen LogP contribution in [0.5, 0.6) is 0 Å². The molecule has 5 atom stereocenters. The van der Waals surface area contributed by atoms with Crippen molar-refractivity contribution >= 4 is 0 Å². The van der Waals surface area contributed by atoms with Crippen molar-refractivity contribution in [3.8, 4) is 12.3 Å². The number of aliphatic hydroxyl groups is 2. The third-order valence-corrected chi connectivity index (χ3v) is 6.19. The third kappa shape index (κ3) is 2.42. The first-order chi connectivity index (χ1) is 10.5. The highest BCUT2D eigenvalue weighted by Gasteiger charge is 2.53. The lowest BCUT2D eigenvalue weighted by atomic mass is 9.58. The zero-order valence-corrected chi connectivity index (χ0v) is 13.4. The standard InChI is InChI=1S/C20H26O2/c1-4-20(22)12-11-18-17-7-5-13(2)15(8-6-14(3)21)16(17)9-10-19(18)20/h1,6,8,16-19,21-22H,2,5,7,9-12H2,3H3/b14-6+,15-8+/t16-,17-,18+,19?,20+/m1/s1. The smallest absolute Gasteiger partial charge is 0.128 e. The first-order valence-electron chi connectivity index (χ1n) is 8.42. The van der Waals surface area contributed by atoms with Crippen LogP contribution in [-0.4, -0.2) is 15.8 Å². The van der Waals surface area contributed by atoms with Gasteiger partial charge < -0.3 is 10.2 Å². The molecule has 0 heterocycles. The highest BCUT2D eigenvalue weighted by molar-refractivity contribution is 5.38. The van der Waals surface area contributed by atoms with Crippen LogP contribution < -0.4 is 0 Å². The summed E-state index contributed by atoms with van der Waals surface area (Å²) in [6.45, 7) is 5.93. The molecule has 0 radical (unpaired) electrons. The molecule has 0 aromatic carbocycles. The lowest BCUT2D eigenvalue weighted by Gasteiger charge is -2.46. The summed E-state index contributed by atoms with van der Waals surface area (Å²) in [5.41, 5.74) is 1.64. The van der Waals surface area contributed by atoms with E-state index in [1.165, 1.54) is 11.1 Å². The third-order valence-electron chi connectivity index (χ3n) is 6.19. The highest BCUT2D eigenvalue weighted by Crippen LogP contribution is 2.57. The van der Waals surface area contributed by atoms with Gasteiger partial charge in [0.15, 0.2) is 0 Å². The lowest BCUT2D eigenvalue weighted by molar-refractivity contribution is 0.00309. The SMILES string of the molecule is C#C[C@]1(O)CC[C@@H]2C1CC[C@@H]1/C(=C/C=C(\C)O)C(=C)CC[C@H]12. The largest absolute Gasteiger partial charge is 0.513 e. The van der Waals surface area contributed by atoms with Crippen molar-refractivity contribution in [1.29, 1.82) is 0 Å². The van der Waals surface area contributed by atoms with Crippen LogP contribution in [0.25, 0.3) is 0 Å². The van der Waals surface area contributed by atoms with Gasteiger partial charge >= 0.3 is 0 Å². The van der Waals surface area contributed by atoms with Gasteiger partial charge in [0.2, 0.25) is 0 Å². The molecule has 22 heavy (non-hydrogen) atoms. The van der Waals surface area contributed by atoms with E-state index in [0.29, 0.717) is 23.5 Å². The second-order valence-electron chi connectivity index (χ2n) is 7.30. The van der Waals surface area contributed by atoms with Crippen molar-refractivity contribution in [1.82, 2.24) is 0 Å². The molecule has 3 aliphatic rings. The number of fused-ring (bicyclic) bond motifs is 3. The van der Waals surface area contributed by atoms with Crippen molar-refractivity contribution in [3.63, 3.8) is 0 Å². The number of allylic oxidation sites excluding steroid dienone is 5. The van der Waals surface area contributed by atoms with E-state index in [0.717, 1.165) is 38.5 Å². The van der Waals surface area contributed by atoms with Crippen LogP contribution in [0.1, 0.15) is 45.4 Å². The van der Waals surface area contributed by atoms with Gasteiger partial charge in [0, 0.05) is 5.92 Å². The van der Waals surface area contributed by atoms with Crippen LogP contribution in [-0.2, 0) is 0 Å². The maximum absolute atomic E-state index is 10.7. The Balaban J connectivity index is 1.88. The van der Waals surface area contributed by atoms with Gasteiger partial charge in [-0.1, -0.05) is 24.1 Å². The topological polar surface area (TPSA) is 40.5 Å². The van der Waals surface area contributed by atoms with Gasteiger partial charge in [-0.3, -0.25) is 0 Å². The molecule has 2 heteroatoms. The number of rotatable bonds is 1. The lowest BCUT2D eigenvalue weighted by Crippen LogP contribution is -2.42. The summed E-state index contributed by atoms with van der Waals surface area (Å²) in [6, 6.07) is 0. The first kappa shape index (κ1) is 15.4. The fraction of sp³-hybridized carbons (Fsp3) is 0.600. The van der Waals surface area contributed by atoms with E-state index in [9.17, 15) is 10.2 Å². The van der Waals surface area contributed by atoms with Crippen molar-refractivity contribution < 1.29 is 10.2 Å². The van der Waals surface area contributed by atoms with Gasteiger partial charge in [-0.05, 0) is 74.9 Å². The molecule has 0 spiro atoms. The van der Waals surface area contributed by atoms with E-state index < -0.39 is 5.60 Å². The van der Waals surface area contributed by atoms with Crippen LogP contribution in [0.15, 0.2) is 35.6 Å². The summed E-state index contributed by atoms with van der Waals surface area (Å²) in [5.74, 6) is 4.93. The van der Waals surface area contributed by atoms with Crippen molar-refractivity contribution in [2.75, 3.05) is 0 Å². The van der Waals surface area contributed by atoms with Crippen LogP contribution in [0.4, 0.5) is 0 Å². The molecule has 3 fully saturated rings. The maximum Gasteiger partial charge on any atom is 0.128 e. The van der Waals surface area contributed by atoms with E-state index in [2.05, 4.69) is 18.6 Å². The Kier molecular flexibility index (Phi) is 3.95. The number of terminal acetylenes is 1. The van der Waals surface area contributed by atoms with E-state index in [1.54, 1.807) is 13.0 Å². The van der Waals surface area contributed by atoms with Crippen molar-refractivity contribution in [3.05, 3.63) is 35.6 Å². The van der Waals surface area contributed by atoms with Crippen LogP contribution in [0, 0.1) is 36.0 Å². The zero-order chi connectivity index (χ0) is 15.9. The molecule has 0 amide bonds. The minimum atomic E-state index is -0.879. The summed E-state index contributed by atoms with van der Waals surface area (Å²) in [4.78, 5) is 0. The summed E-state index contributed by atoms with van der Waals surface area (Å²) < 4.78 is 0. The Morgan fingerprint density at radius 3 is 2.77 bits per heavy atom. The molecule has 0 aromatic heterocycles. The average Bonchev–Trinajstić information content (AvgIpc) is 2.84. The summed E-state index contributed by atoms with van der Waals surface area (Å²) >= 11 is 0. The van der Waals surface area contributed by atoms with Crippen LogP contribution in [0.3, 0.4) is 0 Å². The Bertz CT molecular complexity index is 573. The molecule has 0 saturated heterocycles. The highest BCUT2D eigenvalue weighted by atomic mass is 16.3. The van der Waals surface area contributed by atoms with Gasteiger partial charge in [-0.2, -0.15) is 0 Å². The predicted molar refractivity (Wildman–Crippen MR) is 89.1 cm³/mol. The molecule has 2 N–H and O–H groups in total. The van der Waals surface area contributed by atoms with Gasteiger partial charge in [0.25, 0.3) is 0 Å². The van der Waals surface area contributed by atoms with Crippen LogP contribution in [0.2, 0.25) is 0 Å². The molecule has 3 aliphatic carbocycles. The van der Waals surface area contributed by atoms with Gasteiger partial charge in [0.1, 0.15) is 5.60 Å². The predicted octanol–water partition coefficient (Wildman–Crippen LogP) is 4.14. The van der Waals surface area contributed by atoms with E-state index in [4.69, 9.17) is 6.42 Å². The zero-order valence-electron chi connectivity index (χ0n) is 13.4. The fourth-order valence-corrected chi connectivity index (χ4v) is 5.14. The normalized spacial score (nSPS) is 43.6. The van der Waals surface area contributed by atoms with E-state index >= 15 is 0 Å². The molecule has 3 rings (SSSR count). The summed E-state index contributed by atoms with van der Waals surface area (Å²) in [6.07, 6.45) is 15.5. The second kappa shape index (κ2) is 5.63. The average molecular weight is 298 g/mol.